The first-order valence-electron chi connectivity index (χ1n) is 8.67. The number of ether oxygens (including phenoxy) is 2. The average Bonchev–Trinajstić information content (AvgIpc) is 3.13. The Labute approximate surface area is 146 Å². The number of rotatable bonds is 5. The maximum Gasteiger partial charge on any atom is 0.317 e. The topological polar surface area (TPSA) is 107 Å². The fraction of sp³-hybridized carbons (Fsp3) is 0.588. The van der Waals surface area contributed by atoms with Gasteiger partial charge in [-0.15, -0.1) is 0 Å². The number of carbonyl (C=O) groups excluding carboxylic acids is 2. The van der Waals surface area contributed by atoms with Gasteiger partial charge < -0.3 is 25.4 Å². The van der Waals surface area contributed by atoms with Gasteiger partial charge in [-0.3, -0.25) is 4.79 Å². The third kappa shape index (κ3) is 4.82. The van der Waals surface area contributed by atoms with Crippen LogP contribution in [0.4, 0.5) is 4.79 Å². The number of primary amides is 1. The summed E-state index contributed by atoms with van der Waals surface area (Å²) in [5.74, 6) is 0.0409. The van der Waals surface area contributed by atoms with Gasteiger partial charge in [-0.2, -0.15) is 0 Å². The van der Waals surface area contributed by atoms with Crippen LogP contribution in [0.15, 0.2) is 18.3 Å². The normalized spacial score (nSPS) is 21.1. The molecule has 1 aliphatic heterocycles. The van der Waals surface area contributed by atoms with E-state index in [1.54, 1.807) is 6.20 Å². The molecule has 2 heterocycles. The number of nitrogens with one attached hydrogen (secondary N) is 1. The van der Waals surface area contributed by atoms with Crippen LogP contribution in [0.2, 0.25) is 0 Å². The molecule has 1 aliphatic carbocycles. The van der Waals surface area contributed by atoms with Gasteiger partial charge in [-0.05, 0) is 37.3 Å². The molecule has 1 unspecified atom stereocenters. The number of urea groups is 1. The molecule has 1 aromatic rings. The monoisotopic (exact) mass is 348 g/mol. The van der Waals surface area contributed by atoms with E-state index >= 15 is 0 Å². The van der Waals surface area contributed by atoms with Gasteiger partial charge in [0.2, 0.25) is 11.8 Å². The van der Waals surface area contributed by atoms with Crippen molar-refractivity contribution in [3.63, 3.8) is 0 Å². The third-order valence-corrected chi connectivity index (χ3v) is 4.50. The number of pyridine rings is 1. The molecule has 2 aliphatic rings. The second-order valence-electron chi connectivity index (χ2n) is 6.39. The Bertz CT molecular complexity index is 618. The number of carbonyl (C=O) groups is 2. The van der Waals surface area contributed by atoms with Gasteiger partial charge in [0, 0.05) is 25.4 Å². The van der Waals surface area contributed by atoms with Crippen LogP contribution in [0.1, 0.15) is 31.2 Å². The molecule has 136 valence electrons. The van der Waals surface area contributed by atoms with Gasteiger partial charge in [0.25, 0.3) is 0 Å². The molecule has 25 heavy (non-hydrogen) atoms. The molecule has 0 spiro atoms. The summed E-state index contributed by atoms with van der Waals surface area (Å²) in [5, 5.41) is 2.84. The van der Waals surface area contributed by atoms with Crippen molar-refractivity contribution in [3.05, 3.63) is 23.9 Å². The Morgan fingerprint density at radius 3 is 2.96 bits per heavy atom. The molecule has 3 rings (SSSR count). The summed E-state index contributed by atoms with van der Waals surface area (Å²) in [4.78, 5) is 29.2. The van der Waals surface area contributed by atoms with E-state index in [9.17, 15) is 9.59 Å². The highest BCUT2D eigenvalue weighted by atomic mass is 16.5. The molecule has 1 saturated heterocycles. The lowest BCUT2D eigenvalue weighted by Gasteiger charge is -2.31. The van der Waals surface area contributed by atoms with Crippen molar-refractivity contribution in [2.24, 2.45) is 5.73 Å². The van der Waals surface area contributed by atoms with E-state index in [1.807, 2.05) is 12.1 Å². The Hall–Kier alpha value is -2.35. The number of hydrogen-bond acceptors (Lipinski definition) is 5. The zero-order valence-electron chi connectivity index (χ0n) is 14.1. The molecule has 0 radical (unpaired) electrons. The van der Waals surface area contributed by atoms with Crippen molar-refractivity contribution in [3.8, 4) is 5.88 Å². The maximum atomic E-state index is 12.3. The molecule has 8 heteroatoms. The SMILES string of the molecule is NC(=O)C1CN(C(=O)NCc2ccnc(OC3CCCC3)c2)CCO1. The molecular weight excluding hydrogens is 324 g/mol. The highest BCUT2D eigenvalue weighted by molar-refractivity contribution is 5.81. The number of nitrogens with two attached hydrogens (primary N) is 1. The van der Waals surface area contributed by atoms with Gasteiger partial charge in [0.15, 0.2) is 6.10 Å². The standard InChI is InChI=1S/C17H24N4O4/c18-16(22)14-11-21(7-8-24-14)17(23)20-10-12-5-6-19-15(9-12)25-13-3-1-2-4-13/h5-6,9,13-14H,1-4,7-8,10-11H2,(H2,18,22)(H,20,23). The first-order chi connectivity index (χ1) is 12.1. The summed E-state index contributed by atoms with van der Waals surface area (Å²) in [6, 6.07) is 3.45. The number of aromatic nitrogens is 1. The first-order valence-corrected chi connectivity index (χ1v) is 8.67. The van der Waals surface area contributed by atoms with Crippen molar-refractivity contribution in [2.75, 3.05) is 19.7 Å². The van der Waals surface area contributed by atoms with Crippen LogP contribution in [-0.2, 0) is 16.1 Å². The minimum absolute atomic E-state index is 0.174. The minimum atomic E-state index is -0.744. The quantitative estimate of drug-likeness (QED) is 0.818. The lowest BCUT2D eigenvalue weighted by molar-refractivity contribution is -0.133. The largest absolute Gasteiger partial charge is 0.474 e. The summed E-state index contributed by atoms with van der Waals surface area (Å²) in [5.41, 5.74) is 6.15. The lowest BCUT2D eigenvalue weighted by atomic mass is 10.2. The Morgan fingerprint density at radius 1 is 1.40 bits per heavy atom. The van der Waals surface area contributed by atoms with Gasteiger partial charge in [0.05, 0.1) is 13.2 Å². The van der Waals surface area contributed by atoms with E-state index in [0.717, 1.165) is 18.4 Å². The molecule has 1 aromatic heterocycles. The molecule has 8 nitrogen and oxygen atoms in total. The van der Waals surface area contributed by atoms with Gasteiger partial charge in [-0.25, -0.2) is 9.78 Å². The molecule has 3 amide bonds. The molecule has 1 atom stereocenters. The van der Waals surface area contributed by atoms with E-state index in [4.69, 9.17) is 15.2 Å². The van der Waals surface area contributed by atoms with Crippen molar-refractivity contribution in [2.45, 2.75) is 44.4 Å². The Kier molecular flexibility index (Phi) is 5.70. The van der Waals surface area contributed by atoms with Crippen LogP contribution in [0.5, 0.6) is 5.88 Å². The van der Waals surface area contributed by atoms with Crippen LogP contribution in [-0.4, -0.2) is 53.7 Å². The second-order valence-corrected chi connectivity index (χ2v) is 6.39. The number of hydrogen-bond donors (Lipinski definition) is 2. The fourth-order valence-corrected chi connectivity index (χ4v) is 3.10. The predicted octanol–water partition coefficient (Wildman–Crippen LogP) is 0.799. The Balaban J connectivity index is 1.50. The zero-order chi connectivity index (χ0) is 17.6. The van der Waals surface area contributed by atoms with Gasteiger partial charge in [-0.1, -0.05) is 0 Å². The average molecular weight is 348 g/mol. The van der Waals surface area contributed by atoms with Gasteiger partial charge >= 0.3 is 6.03 Å². The highest BCUT2D eigenvalue weighted by Gasteiger charge is 2.27. The summed E-state index contributed by atoms with van der Waals surface area (Å²) in [6.45, 7) is 1.27. The molecule has 0 bridgehead atoms. The lowest BCUT2D eigenvalue weighted by Crippen LogP contribution is -2.53. The highest BCUT2D eigenvalue weighted by Crippen LogP contribution is 2.23. The van der Waals surface area contributed by atoms with Crippen molar-refractivity contribution < 1.29 is 19.1 Å². The van der Waals surface area contributed by atoms with Crippen molar-refractivity contribution in [1.29, 1.82) is 0 Å². The third-order valence-electron chi connectivity index (χ3n) is 4.50. The maximum absolute atomic E-state index is 12.3. The fourth-order valence-electron chi connectivity index (χ4n) is 3.10. The van der Waals surface area contributed by atoms with Crippen LogP contribution in [0.3, 0.4) is 0 Å². The molecule has 0 aromatic carbocycles. The summed E-state index contributed by atoms with van der Waals surface area (Å²) in [6.07, 6.45) is 5.73. The van der Waals surface area contributed by atoms with E-state index in [-0.39, 0.29) is 18.7 Å². The zero-order valence-corrected chi connectivity index (χ0v) is 14.1. The van der Waals surface area contributed by atoms with E-state index in [2.05, 4.69) is 10.3 Å². The summed E-state index contributed by atoms with van der Waals surface area (Å²) < 4.78 is 11.1. The summed E-state index contributed by atoms with van der Waals surface area (Å²) in [7, 11) is 0. The van der Waals surface area contributed by atoms with Crippen LogP contribution < -0.4 is 15.8 Å². The second kappa shape index (κ2) is 8.15. The smallest absolute Gasteiger partial charge is 0.317 e. The van der Waals surface area contributed by atoms with E-state index in [0.29, 0.717) is 25.6 Å². The number of morpholine rings is 1. The Morgan fingerprint density at radius 2 is 2.20 bits per heavy atom. The summed E-state index contributed by atoms with van der Waals surface area (Å²) >= 11 is 0. The molecule has 1 saturated carbocycles. The minimum Gasteiger partial charge on any atom is -0.474 e. The van der Waals surface area contributed by atoms with E-state index < -0.39 is 12.0 Å². The van der Waals surface area contributed by atoms with Crippen molar-refractivity contribution >= 4 is 11.9 Å². The van der Waals surface area contributed by atoms with Crippen LogP contribution in [0.25, 0.3) is 0 Å². The first kappa shape index (κ1) is 17.5. The molecule has 2 fully saturated rings. The van der Waals surface area contributed by atoms with Crippen LogP contribution >= 0.6 is 0 Å². The molecule has 3 N–H and O–H groups in total. The predicted molar refractivity (Wildman–Crippen MR) is 89.9 cm³/mol. The number of nitrogens with zero attached hydrogens (tertiary/aromatic N) is 2. The number of amides is 3. The van der Waals surface area contributed by atoms with Crippen molar-refractivity contribution in [1.82, 2.24) is 15.2 Å². The molecular formula is C17H24N4O4. The van der Waals surface area contributed by atoms with Crippen LogP contribution in [0, 0.1) is 0 Å². The van der Waals surface area contributed by atoms with E-state index in [1.165, 1.54) is 17.7 Å². The van der Waals surface area contributed by atoms with Gasteiger partial charge in [0.1, 0.15) is 6.10 Å².